The molecule has 8 heteroatoms. The van der Waals surface area contributed by atoms with Crippen LogP contribution in [0.5, 0.6) is 0 Å². The Hall–Kier alpha value is -3.29. The number of piperidine rings is 1. The van der Waals surface area contributed by atoms with E-state index in [0.717, 1.165) is 70.4 Å². The van der Waals surface area contributed by atoms with Crippen LogP contribution in [-0.2, 0) is 4.79 Å². The van der Waals surface area contributed by atoms with Crippen molar-refractivity contribution in [2.24, 2.45) is 5.92 Å². The van der Waals surface area contributed by atoms with Crippen LogP contribution in [0.2, 0.25) is 0 Å². The third-order valence-electron chi connectivity index (χ3n) is 6.95. The van der Waals surface area contributed by atoms with Crippen molar-refractivity contribution in [2.45, 2.75) is 38.5 Å². The molecule has 3 amide bonds. The molecule has 3 aliphatic rings. The average Bonchev–Trinajstić information content (AvgIpc) is 3.63. The quantitative estimate of drug-likeness (QED) is 0.731. The molecular formula is C26H32N4O4. The molecule has 0 unspecified atom stereocenters. The highest BCUT2D eigenvalue weighted by molar-refractivity contribution is 6.05. The van der Waals surface area contributed by atoms with E-state index in [1.165, 1.54) is 6.26 Å². The van der Waals surface area contributed by atoms with Crippen molar-refractivity contribution in [1.82, 2.24) is 9.80 Å². The first-order valence-electron chi connectivity index (χ1n) is 12.4. The monoisotopic (exact) mass is 464 g/mol. The predicted octanol–water partition coefficient (Wildman–Crippen LogP) is 3.61. The Morgan fingerprint density at radius 2 is 1.65 bits per heavy atom. The summed E-state index contributed by atoms with van der Waals surface area (Å²) in [5, 5.41) is 2.85. The van der Waals surface area contributed by atoms with Crippen LogP contribution in [0, 0.1) is 5.92 Å². The molecule has 2 aliphatic heterocycles. The predicted molar refractivity (Wildman–Crippen MR) is 129 cm³/mol. The summed E-state index contributed by atoms with van der Waals surface area (Å²) in [6, 6.07) is 8.81. The van der Waals surface area contributed by atoms with Crippen molar-refractivity contribution >= 4 is 29.1 Å². The molecule has 8 nitrogen and oxygen atoms in total. The van der Waals surface area contributed by atoms with Crippen LogP contribution in [0.15, 0.2) is 41.0 Å². The lowest BCUT2D eigenvalue weighted by molar-refractivity contribution is -0.132. The van der Waals surface area contributed by atoms with Gasteiger partial charge in [0, 0.05) is 56.6 Å². The first kappa shape index (κ1) is 22.5. The fourth-order valence-electron chi connectivity index (χ4n) is 4.90. The van der Waals surface area contributed by atoms with Gasteiger partial charge in [-0.2, -0.15) is 0 Å². The average molecular weight is 465 g/mol. The number of hydrogen-bond acceptors (Lipinski definition) is 5. The van der Waals surface area contributed by atoms with Crippen molar-refractivity contribution in [3.05, 3.63) is 47.9 Å². The molecule has 0 radical (unpaired) electrons. The van der Waals surface area contributed by atoms with Gasteiger partial charge in [0.2, 0.25) is 5.91 Å². The number of anilines is 2. The third kappa shape index (κ3) is 4.95. The van der Waals surface area contributed by atoms with Crippen LogP contribution in [0.3, 0.4) is 0 Å². The fraction of sp³-hybridized carbons (Fsp3) is 0.500. The highest BCUT2D eigenvalue weighted by Crippen LogP contribution is 2.32. The molecule has 3 fully saturated rings. The second-order valence-corrected chi connectivity index (χ2v) is 9.46. The van der Waals surface area contributed by atoms with Gasteiger partial charge in [-0.15, -0.1) is 0 Å². The van der Waals surface area contributed by atoms with Gasteiger partial charge in [0.15, 0.2) is 5.76 Å². The Balaban J connectivity index is 1.39. The molecule has 34 heavy (non-hydrogen) atoms. The van der Waals surface area contributed by atoms with Crippen molar-refractivity contribution < 1.29 is 18.8 Å². The van der Waals surface area contributed by atoms with Gasteiger partial charge in [-0.1, -0.05) is 0 Å². The van der Waals surface area contributed by atoms with Crippen molar-refractivity contribution in [2.75, 3.05) is 49.5 Å². The van der Waals surface area contributed by atoms with Crippen LogP contribution >= 0.6 is 0 Å². The molecule has 1 saturated carbocycles. The Morgan fingerprint density at radius 3 is 2.38 bits per heavy atom. The van der Waals surface area contributed by atoms with Gasteiger partial charge in [0.25, 0.3) is 11.8 Å². The minimum absolute atomic E-state index is 0.000965. The highest BCUT2D eigenvalue weighted by atomic mass is 16.3. The van der Waals surface area contributed by atoms with Gasteiger partial charge in [-0.05, 0) is 68.9 Å². The maximum absolute atomic E-state index is 13.6. The Morgan fingerprint density at radius 1 is 0.853 bits per heavy atom. The van der Waals surface area contributed by atoms with Gasteiger partial charge >= 0.3 is 0 Å². The molecule has 0 bridgehead atoms. The first-order valence-corrected chi connectivity index (χ1v) is 12.4. The molecule has 2 aromatic rings. The number of nitrogens with one attached hydrogen (secondary N) is 1. The number of likely N-dealkylation sites (tertiary alicyclic amines) is 1. The van der Waals surface area contributed by atoms with Gasteiger partial charge in [-0.25, -0.2) is 0 Å². The Bertz CT molecular complexity index is 1040. The largest absolute Gasteiger partial charge is 0.459 e. The lowest BCUT2D eigenvalue weighted by atomic mass is 10.1. The van der Waals surface area contributed by atoms with Crippen LogP contribution in [0.25, 0.3) is 0 Å². The number of amides is 3. The lowest BCUT2D eigenvalue weighted by Gasteiger charge is -2.30. The van der Waals surface area contributed by atoms with Crippen molar-refractivity contribution in [1.29, 1.82) is 0 Å². The minimum atomic E-state index is -0.349. The molecular weight excluding hydrogens is 432 g/mol. The maximum Gasteiger partial charge on any atom is 0.291 e. The molecule has 5 rings (SSSR count). The summed E-state index contributed by atoms with van der Waals surface area (Å²) >= 11 is 0. The number of nitrogens with zero attached hydrogens (tertiary/aromatic N) is 3. The van der Waals surface area contributed by atoms with Crippen molar-refractivity contribution in [3.8, 4) is 0 Å². The van der Waals surface area contributed by atoms with Gasteiger partial charge in [0.05, 0.1) is 11.8 Å². The van der Waals surface area contributed by atoms with E-state index in [9.17, 15) is 14.4 Å². The van der Waals surface area contributed by atoms with E-state index in [1.807, 2.05) is 21.9 Å². The number of carbonyl (C=O) groups is 3. The van der Waals surface area contributed by atoms with Crippen molar-refractivity contribution in [3.63, 3.8) is 0 Å². The lowest BCUT2D eigenvalue weighted by Crippen LogP contribution is -2.38. The molecule has 0 atom stereocenters. The smallest absolute Gasteiger partial charge is 0.291 e. The van der Waals surface area contributed by atoms with E-state index in [4.69, 9.17) is 4.42 Å². The number of benzene rings is 1. The first-order chi connectivity index (χ1) is 16.6. The SMILES string of the molecule is O=C(Nc1ccc(N2CCCN(C(=O)C3CC3)CC2)c(C(=O)N2CCCCC2)c1)c1ccco1. The summed E-state index contributed by atoms with van der Waals surface area (Å²) in [6.07, 6.45) is 7.52. The molecule has 3 heterocycles. The normalized spacial score (nSPS) is 19.0. The number of carbonyl (C=O) groups excluding carboxylic acids is 3. The zero-order valence-electron chi connectivity index (χ0n) is 19.5. The number of hydrogen-bond donors (Lipinski definition) is 1. The minimum Gasteiger partial charge on any atom is -0.459 e. The fourth-order valence-corrected chi connectivity index (χ4v) is 4.90. The molecule has 180 valence electrons. The van der Waals surface area contributed by atoms with Crippen LogP contribution in [0.1, 0.15) is 59.4 Å². The second-order valence-electron chi connectivity index (χ2n) is 9.46. The molecule has 2 saturated heterocycles. The summed E-state index contributed by atoms with van der Waals surface area (Å²) in [5.41, 5.74) is 2.03. The van der Waals surface area contributed by atoms with E-state index in [-0.39, 0.29) is 29.4 Å². The van der Waals surface area contributed by atoms with Gasteiger partial charge in [-0.3, -0.25) is 14.4 Å². The molecule has 0 spiro atoms. The maximum atomic E-state index is 13.6. The van der Waals surface area contributed by atoms with E-state index in [1.54, 1.807) is 18.2 Å². The van der Waals surface area contributed by atoms with Crippen LogP contribution in [0.4, 0.5) is 11.4 Å². The number of furan rings is 1. The number of rotatable bonds is 5. The summed E-state index contributed by atoms with van der Waals surface area (Å²) in [7, 11) is 0. The zero-order valence-corrected chi connectivity index (χ0v) is 19.5. The summed E-state index contributed by atoms with van der Waals surface area (Å²) in [6.45, 7) is 4.42. The molecule has 1 aliphatic carbocycles. The van der Waals surface area contributed by atoms with E-state index in [0.29, 0.717) is 24.3 Å². The Kier molecular flexibility index (Phi) is 6.56. The summed E-state index contributed by atoms with van der Waals surface area (Å²) in [5.74, 6) is 0.375. The molecule has 1 aromatic carbocycles. The second kappa shape index (κ2) is 9.91. The standard InChI is InChI=1S/C26H32N4O4/c31-24(23-6-4-17-34-23)27-20-9-10-22(21(18-20)26(33)29-11-2-1-3-12-29)28-13-5-14-30(16-15-28)25(32)19-7-8-19/h4,6,9-10,17-19H,1-3,5,7-8,11-16H2,(H,27,31). The third-order valence-corrected chi connectivity index (χ3v) is 6.95. The van der Waals surface area contributed by atoms with Gasteiger partial charge < -0.3 is 24.4 Å². The van der Waals surface area contributed by atoms with Crippen LogP contribution < -0.4 is 10.2 Å². The zero-order chi connectivity index (χ0) is 23.5. The van der Waals surface area contributed by atoms with Crippen LogP contribution in [-0.4, -0.2) is 66.8 Å². The van der Waals surface area contributed by atoms with Gasteiger partial charge in [0.1, 0.15) is 0 Å². The summed E-state index contributed by atoms with van der Waals surface area (Å²) in [4.78, 5) is 44.8. The molecule has 1 aromatic heterocycles. The topological polar surface area (TPSA) is 86.1 Å². The van der Waals surface area contributed by atoms with E-state index < -0.39 is 0 Å². The molecule has 1 N–H and O–H groups in total. The Labute approximate surface area is 199 Å². The highest BCUT2D eigenvalue weighted by Gasteiger charge is 2.34. The van der Waals surface area contributed by atoms with E-state index >= 15 is 0 Å². The summed E-state index contributed by atoms with van der Waals surface area (Å²) < 4.78 is 5.20. The van der Waals surface area contributed by atoms with E-state index in [2.05, 4.69) is 10.2 Å².